The Labute approximate surface area is 213 Å². The first kappa shape index (κ1) is 26.5. The highest BCUT2D eigenvalue weighted by Gasteiger charge is 2.35. The number of alkyl halides is 3. The molecule has 0 aliphatic heterocycles. The Morgan fingerprint density at radius 1 is 0.895 bits per heavy atom. The van der Waals surface area contributed by atoms with Gasteiger partial charge in [-0.2, -0.15) is 0 Å². The highest BCUT2D eigenvalue weighted by molar-refractivity contribution is 6.09. The summed E-state index contributed by atoms with van der Waals surface area (Å²) in [6.07, 6.45) is -2.07. The van der Waals surface area contributed by atoms with Crippen molar-refractivity contribution in [3.8, 4) is 22.6 Å². The Morgan fingerprint density at radius 3 is 2.21 bits per heavy atom. The number of carbonyl (C=O) groups is 2. The summed E-state index contributed by atoms with van der Waals surface area (Å²) in [7, 11) is 0. The van der Waals surface area contributed by atoms with E-state index in [1.807, 2.05) is 0 Å². The maximum Gasteiger partial charge on any atom is 0.573 e. The van der Waals surface area contributed by atoms with E-state index in [-0.39, 0.29) is 28.5 Å². The molecule has 0 saturated heterocycles. The first-order chi connectivity index (χ1) is 18.1. The van der Waals surface area contributed by atoms with Crippen LogP contribution >= 0.6 is 0 Å². The highest BCUT2D eigenvalue weighted by Crippen LogP contribution is 2.44. The summed E-state index contributed by atoms with van der Waals surface area (Å²) in [6.45, 7) is 6.77. The molecule has 0 fully saturated rings. The summed E-state index contributed by atoms with van der Waals surface area (Å²) in [5.41, 5.74) is 0.892. The van der Waals surface area contributed by atoms with Crippen molar-refractivity contribution < 1.29 is 45.8 Å². The lowest BCUT2D eigenvalue weighted by Crippen LogP contribution is -2.18. The van der Waals surface area contributed by atoms with Gasteiger partial charge in [0.1, 0.15) is 0 Å². The zero-order valence-corrected chi connectivity index (χ0v) is 19.8. The Morgan fingerprint density at radius 2 is 1.55 bits per heavy atom. The van der Waals surface area contributed by atoms with Crippen LogP contribution in [0.1, 0.15) is 12.0 Å². The average molecular weight is 528 g/mol. The summed E-state index contributed by atoms with van der Waals surface area (Å²) >= 11 is 0. The van der Waals surface area contributed by atoms with E-state index >= 15 is 4.39 Å². The smallest absolute Gasteiger partial charge is 0.463 e. The second kappa shape index (κ2) is 10.8. The molecule has 0 bridgehead atoms. The molecule has 196 valence electrons. The second-order valence-corrected chi connectivity index (χ2v) is 8.02. The minimum absolute atomic E-state index is 0.135. The fraction of sp³-hybridized carbons (Fsp3) is 0.143. The Hall–Kier alpha value is -4.60. The predicted octanol–water partition coefficient (Wildman–Crippen LogP) is 7.04. The molecule has 4 rings (SSSR count). The van der Waals surface area contributed by atoms with Crippen LogP contribution in [0.3, 0.4) is 0 Å². The normalized spacial score (nSPS) is 11.4. The van der Waals surface area contributed by atoms with Crippen LogP contribution in [0.5, 0.6) is 11.5 Å². The minimum Gasteiger partial charge on any atom is -0.463 e. The molecule has 0 spiro atoms. The van der Waals surface area contributed by atoms with Crippen LogP contribution in [0.2, 0.25) is 0 Å². The zero-order valence-electron chi connectivity index (χ0n) is 19.8. The van der Waals surface area contributed by atoms with Gasteiger partial charge in [0.25, 0.3) is 0 Å². The van der Waals surface area contributed by atoms with E-state index in [0.717, 1.165) is 23.8 Å². The molecule has 1 heterocycles. The predicted molar refractivity (Wildman–Crippen MR) is 131 cm³/mol. The number of fused-ring (bicyclic) bond motifs is 3. The summed E-state index contributed by atoms with van der Waals surface area (Å²) in [6, 6.07) is 12.4. The molecule has 0 unspecified atom stereocenters. The first-order valence-corrected chi connectivity index (χ1v) is 11.3. The molecule has 38 heavy (non-hydrogen) atoms. The van der Waals surface area contributed by atoms with Crippen molar-refractivity contribution in [2.45, 2.75) is 19.2 Å². The van der Waals surface area contributed by atoms with Gasteiger partial charge < -0.3 is 18.6 Å². The van der Waals surface area contributed by atoms with Crippen molar-refractivity contribution in [2.24, 2.45) is 0 Å². The van der Waals surface area contributed by atoms with Crippen molar-refractivity contribution >= 4 is 33.9 Å². The number of hydrogen-bond acceptors (Lipinski definition) is 6. The van der Waals surface area contributed by atoms with Gasteiger partial charge in [0.15, 0.2) is 22.7 Å². The maximum atomic E-state index is 15.6. The Bertz CT molecular complexity index is 1530. The van der Waals surface area contributed by atoms with E-state index in [2.05, 4.69) is 17.9 Å². The highest BCUT2D eigenvalue weighted by atomic mass is 19.4. The van der Waals surface area contributed by atoms with Crippen molar-refractivity contribution in [2.75, 3.05) is 6.61 Å². The summed E-state index contributed by atoms with van der Waals surface area (Å²) < 4.78 is 74.4. The molecule has 10 heteroatoms. The van der Waals surface area contributed by atoms with Crippen LogP contribution in [-0.4, -0.2) is 24.9 Å². The number of rotatable bonds is 9. The fourth-order valence-corrected chi connectivity index (χ4v) is 3.85. The zero-order chi connectivity index (χ0) is 27.4. The minimum atomic E-state index is -5.14. The van der Waals surface area contributed by atoms with E-state index in [0.29, 0.717) is 18.4 Å². The van der Waals surface area contributed by atoms with Gasteiger partial charge in [-0.1, -0.05) is 43.5 Å². The van der Waals surface area contributed by atoms with Crippen molar-refractivity contribution in [1.29, 1.82) is 0 Å². The molecule has 0 atom stereocenters. The molecule has 1 aromatic heterocycles. The van der Waals surface area contributed by atoms with Gasteiger partial charge >= 0.3 is 18.3 Å². The number of carbonyl (C=O) groups excluding carboxylic acids is 2. The molecule has 0 radical (unpaired) electrons. The van der Waals surface area contributed by atoms with E-state index in [1.165, 1.54) is 18.2 Å². The van der Waals surface area contributed by atoms with Gasteiger partial charge in [-0.05, 0) is 42.2 Å². The van der Waals surface area contributed by atoms with Gasteiger partial charge in [0.2, 0.25) is 5.75 Å². The number of halogens is 4. The van der Waals surface area contributed by atoms with Crippen LogP contribution in [0.25, 0.3) is 33.1 Å². The lowest BCUT2D eigenvalue weighted by molar-refractivity contribution is -0.274. The lowest BCUT2D eigenvalue weighted by Gasteiger charge is -2.12. The van der Waals surface area contributed by atoms with Crippen molar-refractivity contribution in [3.63, 3.8) is 0 Å². The first-order valence-electron chi connectivity index (χ1n) is 11.3. The number of aryl methyl sites for hydroxylation is 1. The number of benzene rings is 3. The molecule has 6 nitrogen and oxygen atoms in total. The van der Waals surface area contributed by atoms with Gasteiger partial charge in [0.05, 0.1) is 6.61 Å². The average Bonchev–Trinajstić information content (AvgIpc) is 3.27. The summed E-state index contributed by atoms with van der Waals surface area (Å²) in [5, 5.41) is 0.344. The van der Waals surface area contributed by atoms with Gasteiger partial charge in [-0.3, -0.25) is 0 Å². The van der Waals surface area contributed by atoms with E-state index in [9.17, 15) is 22.8 Å². The number of hydrogen-bond donors (Lipinski definition) is 0. The van der Waals surface area contributed by atoms with E-state index in [1.54, 1.807) is 24.3 Å². The maximum absolute atomic E-state index is 15.6. The van der Waals surface area contributed by atoms with Crippen LogP contribution in [-0.2, 0) is 20.7 Å². The second-order valence-electron chi connectivity index (χ2n) is 8.02. The Balaban J connectivity index is 1.68. The third kappa shape index (κ3) is 5.69. The molecular weight excluding hydrogens is 508 g/mol. The topological polar surface area (TPSA) is 75.0 Å². The number of furan rings is 1. The van der Waals surface area contributed by atoms with Crippen LogP contribution in [0.4, 0.5) is 17.6 Å². The Kier molecular flexibility index (Phi) is 7.52. The van der Waals surface area contributed by atoms with Gasteiger partial charge in [-0.25, -0.2) is 14.0 Å². The molecular formula is C28H20F4O6. The third-order valence-electron chi connectivity index (χ3n) is 5.55. The molecule has 0 aliphatic rings. The number of ether oxygens (including phenoxy) is 3. The van der Waals surface area contributed by atoms with Crippen molar-refractivity contribution in [3.05, 3.63) is 85.2 Å². The largest absolute Gasteiger partial charge is 0.573 e. The SMILES string of the molecule is C=CC(=O)OCCCc1ccc(-c2ccc3c(oc4c(OC(F)(F)F)c(OC(=O)C=C)ccc43)c2F)cc1. The van der Waals surface area contributed by atoms with Gasteiger partial charge in [0, 0.05) is 28.5 Å². The monoisotopic (exact) mass is 528 g/mol. The standard InChI is InChI=1S/C28H20F4O6/c1-3-22(33)35-15-5-6-16-7-9-17(10-8-16)18-11-12-19-20-13-14-21(36-23(34)4-2)27(38-28(30,31)32)26(20)37-25(19)24(18)29/h3-4,7-14H,1-2,5-6,15H2. The molecule has 4 aromatic rings. The molecule has 0 aliphatic carbocycles. The lowest BCUT2D eigenvalue weighted by atomic mass is 10.00. The molecule has 0 saturated carbocycles. The fourth-order valence-electron chi connectivity index (χ4n) is 3.85. The van der Waals surface area contributed by atoms with Crippen molar-refractivity contribution in [1.82, 2.24) is 0 Å². The van der Waals surface area contributed by atoms with Crippen LogP contribution in [0, 0.1) is 5.82 Å². The van der Waals surface area contributed by atoms with E-state index in [4.69, 9.17) is 13.9 Å². The summed E-state index contributed by atoms with van der Waals surface area (Å²) in [4.78, 5) is 22.7. The number of esters is 2. The van der Waals surface area contributed by atoms with E-state index < -0.39 is 41.2 Å². The van der Waals surface area contributed by atoms with Crippen LogP contribution in [0.15, 0.2) is 78.3 Å². The third-order valence-corrected chi connectivity index (χ3v) is 5.55. The quantitative estimate of drug-likeness (QED) is 0.0763. The van der Waals surface area contributed by atoms with Crippen LogP contribution < -0.4 is 9.47 Å². The van der Waals surface area contributed by atoms with Gasteiger partial charge in [-0.15, -0.1) is 13.2 Å². The summed E-state index contributed by atoms with van der Waals surface area (Å²) in [5.74, 6) is -3.77. The molecule has 3 aromatic carbocycles. The molecule has 0 amide bonds. The molecule has 0 N–H and O–H groups in total.